The summed E-state index contributed by atoms with van der Waals surface area (Å²) in [6, 6.07) is 0. The van der Waals surface area contributed by atoms with E-state index in [1.54, 1.807) is 0 Å². The fraction of sp³-hybridized carbons (Fsp3) is 0.929. The monoisotopic (exact) mass is 288 g/mol. The number of unbranched alkanes of at least 4 members (excludes halogenated alkanes) is 4. The van der Waals surface area contributed by atoms with E-state index in [2.05, 4.69) is 39.7 Å². The van der Waals surface area contributed by atoms with Crippen LogP contribution < -0.4 is 0 Å². The third-order valence-electron chi connectivity index (χ3n) is 2.83. The van der Waals surface area contributed by atoms with E-state index in [-0.39, 0.29) is 5.97 Å². The van der Waals surface area contributed by atoms with Gasteiger partial charge in [-0.15, -0.1) is 0 Å². The molecule has 0 bridgehead atoms. The number of carbonyl (C=O) groups excluding carboxylic acids is 1. The molecule has 0 unspecified atom stereocenters. The van der Waals surface area contributed by atoms with Gasteiger partial charge in [0.25, 0.3) is 5.97 Å². The molecular weight excluding hydrogens is 256 g/mol. The first-order chi connectivity index (χ1) is 8.16. The van der Waals surface area contributed by atoms with Crippen LogP contribution >= 0.6 is 0 Å². The summed E-state index contributed by atoms with van der Waals surface area (Å²) in [5.74, 6) is 0.0430. The highest BCUT2D eigenvalue weighted by Crippen LogP contribution is 2.21. The first-order valence-corrected chi connectivity index (χ1v) is 14.2. The molecule has 108 valence electrons. The van der Waals surface area contributed by atoms with Crippen LogP contribution in [0.3, 0.4) is 0 Å². The van der Waals surface area contributed by atoms with Gasteiger partial charge in [-0.25, -0.2) is 0 Å². The third kappa shape index (κ3) is 11.0. The molecule has 0 saturated heterocycles. The Balaban J connectivity index is 3.85. The average Bonchev–Trinajstić information content (AvgIpc) is 2.12. The van der Waals surface area contributed by atoms with Crippen LogP contribution in [0.4, 0.5) is 0 Å². The minimum atomic E-state index is -1.76. The molecular formula is C14H32O2Si2. The first-order valence-electron chi connectivity index (χ1n) is 7.38. The number of hydrogen-bond donors (Lipinski definition) is 0. The average molecular weight is 289 g/mol. The summed E-state index contributed by atoms with van der Waals surface area (Å²) in [4.78, 5) is 11.8. The predicted octanol–water partition coefficient (Wildman–Crippen LogP) is 4.97. The summed E-state index contributed by atoms with van der Waals surface area (Å²) >= 11 is 0. The van der Waals surface area contributed by atoms with Crippen molar-refractivity contribution in [1.82, 2.24) is 0 Å². The summed E-state index contributed by atoms with van der Waals surface area (Å²) in [6.07, 6.45) is 6.56. The lowest BCUT2D eigenvalue weighted by Crippen LogP contribution is -2.41. The number of rotatable bonds is 9. The number of carbonyl (C=O) groups is 1. The quantitative estimate of drug-likeness (QED) is 0.442. The van der Waals surface area contributed by atoms with Crippen LogP contribution in [0.2, 0.25) is 38.4 Å². The molecule has 0 atom stereocenters. The highest BCUT2D eigenvalue weighted by Gasteiger charge is 2.33. The third-order valence-corrected chi connectivity index (χ3v) is 11.3. The largest absolute Gasteiger partial charge is 0.520 e. The highest BCUT2D eigenvalue weighted by atomic mass is 28.4. The molecule has 0 heterocycles. The van der Waals surface area contributed by atoms with Gasteiger partial charge in [-0.2, -0.15) is 0 Å². The molecule has 0 aromatic carbocycles. The van der Waals surface area contributed by atoms with Crippen molar-refractivity contribution in [3.63, 3.8) is 0 Å². The van der Waals surface area contributed by atoms with Gasteiger partial charge >= 0.3 is 0 Å². The van der Waals surface area contributed by atoms with E-state index in [0.717, 1.165) is 6.42 Å². The molecule has 0 aliphatic heterocycles. The zero-order valence-corrected chi connectivity index (χ0v) is 15.3. The molecule has 4 heteroatoms. The van der Waals surface area contributed by atoms with Gasteiger partial charge in [-0.3, -0.25) is 4.79 Å². The topological polar surface area (TPSA) is 26.3 Å². The Morgan fingerprint density at radius 1 is 0.944 bits per heavy atom. The predicted molar refractivity (Wildman–Crippen MR) is 85.1 cm³/mol. The molecule has 0 aliphatic carbocycles. The molecule has 0 fully saturated rings. The fourth-order valence-corrected chi connectivity index (χ4v) is 13.8. The zero-order valence-electron chi connectivity index (χ0n) is 13.3. The fourth-order valence-electron chi connectivity index (χ4n) is 2.55. The Morgan fingerprint density at radius 3 is 2.00 bits per heavy atom. The van der Waals surface area contributed by atoms with Crippen LogP contribution in [-0.2, 0) is 9.22 Å². The van der Waals surface area contributed by atoms with Gasteiger partial charge in [-0.05, 0) is 25.2 Å². The van der Waals surface area contributed by atoms with Gasteiger partial charge in [0.05, 0.1) is 0 Å². The molecule has 0 spiro atoms. The van der Waals surface area contributed by atoms with Crippen LogP contribution in [0.25, 0.3) is 0 Å². The van der Waals surface area contributed by atoms with Crippen molar-refractivity contribution in [3.05, 3.63) is 0 Å². The standard InChI is InChI=1S/C14H32O2Si2/c1-7-8-9-10-11-12-14(15)16-18(5,6)13-17(2,3)4/h7-13H2,1-6H3. The molecule has 0 rings (SSSR count). The minimum Gasteiger partial charge on any atom is -0.520 e. The van der Waals surface area contributed by atoms with E-state index in [0.29, 0.717) is 6.42 Å². The van der Waals surface area contributed by atoms with Crippen molar-refractivity contribution in [3.8, 4) is 0 Å². The van der Waals surface area contributed by atoms with Crippen LogP contribution in [-0.4, -0.2) is 22.4 Å². The Kier molecular flexibility index (Phi) is 8.11. The van der Waals surface area contributed by atoms with E-state index < -0.39 is 16.4 Å². The van der Waals surface area contributed by atoms with E-state index in [4.69, 9.17) is 4.43 Å². The van der Waals surface area contributed by atoms with Crippen LogP contribution in [0, 0.1) is 0 Å². The van der Waals surface area contributed by atoms with Crippen molar-refractivity contribution >= 4 is 22.4 Å². The van der Waals surface area contributed by atoms with E-state index >= 15 is 0 Å². The molecule has 18 heavy (non-hydrogen) atoms. The van der Waals surface area contributed by atoms with Gasteiger partial charge in [-0.1, -0.05) is 52.2 Å². The summed E-state index contributed by atoms with van der Waals surface area (Å²) in [7, 11) is -2.89. The van der Waals surface area contributed by atoms with Gasteiger partial charge in [0.1, 0.15) is 0 Å². The molecule has 2 nitrogen and oxygen atoms in total. The van der Waals surface area contributed by atoms with Crippen molar-refractivity contribution in [1.29, 1.82) is 0 Å². The molecule has 0 saturated carbocycles. The lowest BCUT2D eigenvalue weighted by molar-refractivity contribution is -0.135. The summed E-state index contributed by atoms with van der Waals surface area (Å²) in [5.41, 5.74) is 1.17. The minimum absolute atomic E-state index is 0.0430. The molecule has 0 N–H and O–H groups in total. The van der Waals surface area contributed by atoms with Gasteiger partial charge in [0.15, 0.2) is 0 Å². The second kappa shape index (κ2) is 8.15. The highest BCUT2D eigenvalue weighted by molar-refractivity contribution is 6.92. The van der Waals surface area contributed by atoms with Crippen molar-refractivity contribution in [2.24, 2.45) is 0 Å². The van der Waals surface area contributed by atoms with Crippen molar-refractivity contribution < 1.29 is 9.22 Å². The summed E-state index contributed by atoms with van der Waals surface area (Å²) in [6.45, 7) is 13.6. The zero-order chi connectivity index (χ0) is 14.2. The van der Waals surface area contributed by atoms with Crippen molar-refractivity contribution in [2.75, 3.05) is 0 Å². The molecule has 0 aromatic rings. The molecule has 0 aliphatic rings. The second-order valence-electron chi connectivity index (χ2n) is 7.14. The molecule has 0 radical (unpaired) electrons. The van der Waals surface area contributed by atoms with Crippen LogP contribution in [0.5, 0.6) is 0 Å². The summed E-state index contributed by atoms with van der Waals surface area (Å²) in [5, 5.41) is 0. The smallest absolute Gasteiger partial charge is 0.292 e. The maximum absolute atomic E-state index is 11.8. The first kappa shape index (κ1) is 17.9. The Morgan fingerprint density at radius 2 is 1.50 bits per heavy atom. The lowest BCUT2D eigenvalue weighted by atomic mass is 10.1. The second-order valence-corrected chi connectivity index (χ2v) is 17.4. The van der Waals surface area contributed by atoms with E-state index in [1.807, 2.05) is 0 Å². The van der Waals surface area contributed by atoms with Crippen LogP contribution in [0.1, 0.15) is 45.4 Å². The normalized spacial score (nSPS) is 12.6. The van der Waals surface area contributed by atoms with Gasteiger partial charge in [0, 0.05) is 14.5 Å². The number of hydrogen-bond acceptors (Lipinski definition) is 2. The Bertz CT molecular complexity index is 245. The maximum atomic E-state index is 11.8. The SMILES string of the molecule is CCCCCCCC(=O)O[Si](C)(C)C[Si](C)(C)C. The summed E-state index contributed by atoms with van der Waals surface area (Å²) < 4.78 is 5.76. The Labute approximate surface area is 116 Å². The molecule has 0 aromatic heterocycles. The van der Waals surface area contributed by atoms with Gasteiger partial charge in [0.2, 0.25) is 8.32 Å². The Hall–Kier alpha value is -0.0962. The van der Waals surface area contributed by atoms with Crippen molar-refractivity contribution in [2.45, 2.75) is 83.9 Å². The van der Waals surface area contributed by atoms with Gasteiger partial charge < -0.3 is 4.43 Å². The molecule has 0 amide bonds. The van der Waals surface area contributed by atoms with E-state index in [1.165, 1.54) is 31.4 Å². The maximum Gasteiger partial charge on any atom is 0.292 e. The lowest BCUT2D eigenvalue weighted by Gasteiger charge is -2.28. The van der Waals surface area contributed by atoms with Crippen LogP contribution in [0.15, 0.2) is 0 Å². The van der Waals surface area contributed by atoms with E-state index in [9.17, 15) is 4.79 Å².